The van der Waals surface area contributed by atoms with E-state index in [2.05, 4.69) is 21.3 Å². The summed E-state index contributed by atoms with van der Waals surface area (Å²) in [4.78, 5) is 30.0. The summed E-state index contributed by atoms with van der Waals surface area (Å²) >= 11 is 0.922. The molecule has 2 amide bonds. The summed E-state index contributed by atoms with van der Waals surface area (Å²) < 4.78 is 5.96. The third kappa shape index (κ3) is 4.54. The molecule has 0 saturated carbocycles. The summed E-state index contributed by atoms with van der Waals surface area (Å²) in [6.07, 6.45) is 5.71. The van der Waals surface area contributed by atoms with Gasteiger partial charge < -0.3 is 9.64 Å². The van der Waals surface area contributed by atoms with Crippen LogP contribution in [0.1, 0.15) is 18.4 Å². The van der Waals surface area contributed by atoms with Crippen LogP contribution in [0, 0.1) is 5.92 Å². The molecular weight excluding hydrogens is 374 g/mol. The third-order valence-electron chi connectivity index (χ3n) is 4.89. The lowest BCUT2D eigenvalue weighted by Gasteiger charge is -2.32. The van der Waals surface area contributed by atoms with Crippen molar-refractivity contribution in [2.45, 2.75) is 12.8 Å². The van der Waals surface area contributed by atoms with Gasteiger partial charge in [0.25, 0.3) is 11.1 Å². The second-order valence-electron chi connectivity index (χ2n) is 6.85. The maximum atomic E-state index is 11.6. The van der Waals surface area contributed by atoms with Gasteiger partial charge in [-0.05, 0) is 66.4 Å². The van der Waals surface area contributed by atoms with Gasteiger partial charge in [-0.3, -0.25) is 14.9 Å². The predicted molar refractivity (Wildman–Crippen MR) is 110 cm³/mol. The van der Waals surface area contributed by atoms with E-state index in [-0.39, 0.29) is 11.1 Å². The minimum atomic E-state index is -0.340. The van der Waals surface area contributed by atoms with E-state index in [4.69, 9.17) is 4.74 Å². The van der Waals surface area contributed by atoms with E-state index in [1.54, 1.807) is 6.08 Å². The van der Waals surface area contributed by atoms with Gasteiger partial charge >= 0.3 is 0 Å². The first kappa shape index (κ1) is 18.6. The van der Waals surface area contributed by atoms with Crippen molar-refractivity contribution in [2.24, 2.45) is 5.92 Å². The number of imide groups is 1. The van der Waals surface area contributed by atoms with Gasteiger partial charge in [0.2, 0.25) is 0 Å². The number of thioether (sulfide) groups is 1. The molecule has 7 heteroatoms. The minimum absolute atomic E-state index is 0.328. The largest absolute Gasteiger partial charge is 0.493 e. The zero-order valence-electron chi connectivity index (χ0n) is 15.3. The fourth-order valence-corrected chi connectivity index (χ4v) is 4.00. The van der Waals surface area contributed by atoms with Crippen LogP contribution in [0.4, 0.5) is 10.6 Å². The van der Waals surface area contributed by atoms with E-state index >= 15 is 0 Å². The highest BCUT2D eigenvalue weighted by Gasteiger charge is 2.25. The number of carbonyl (C=O) groups excluding carboxylic acids is 2. The SMILES string of the molecule is O=C1NC(=O)/C(=C/c2ccc(OCC3CCN(c4ccccn4)CC3)cc2)S1. The molecule has 2 aromatic rings. The first-order valence-corrected chi connectivity index (χ1v) is 10.1. The number of carbonyl (C=O) groups is 2. The van der Waals surface area contributed by atoms with E-state index < -0.39 is 0 Å². The Morgan fingerprint density at radius 3 is 2.57 bits per heavy atom. The topological polar surface area (TPSA) is 71.5 Å². The van der Waals surface area contributed by atoms with Crippen molar-refractivity contribution in [2.75, 3.05) is 24.6 Å². The predicted octanol–water partition coefficient (Wildman–Crippen LogP) is 3.70. The molecule has 1 aromatic heterocycles. The smallest absolute Gasteiger partial charge is 0.290 e. The number of pyridine rings is 1. The van der Waals surface area contributed by atoms with Crippen LogP contribution < -0.4 is 15.0 Å². The highest BCUT2D eigenvalue weighted by molar-refractivity contribution is 8.18. The summed E-state index contributed by atoms with van der Waals surface area (Å²) in [5.41, 5.74) is 0.864. The Morgan fingerprint density at radius 1 is 1.14 bits per heavy atom. The van der Waals surface area contributed by atoms with E-state index in [1.807, 2.05) is 42.6 Å². The number of nitrogens with zero attached hydrogens (tertiary/aromatic N) is 2. The Balaban J connectivity index is 1.26. The summed E-state index contributed by atoms with van der Waals surface area (Å²) in [5, 5.41) is 1.92. The molecular formula is C21H21N3O3S. The van der Waals surface area contributed by atoms with Gasteiger partial charge in [-0.2, -0.15) is 0 Å². The molecule has 0 spiro atoms. The highest BCUT2D eigenvalue weighted by atomic mass is 32.2. The molecule has 2 fully saturated rings. The van der Waals surface area contributed by atoms with Crippen molar-refractivity contribution in [3.05, 3.63) is 59.1 Å². The van der Waals surface area contributed by atoms with Gasteiger partial charge in [0, 0.05) is 19.3 Å². The van der Waals surface area contributed by atoms with E-state index in [1.165, 1.54) is 0 Å². The zero-order chi connectivity index (χ0) is 19.3. The quantitative estimate of drug-likeness (QED) is 0.779. The number of nitrogens with one attached hydrogen (secondary N) is 1. The van der Waals surface area contributed by atoms with Crippen LogP contribution in [0.25, 0.3) is 6.08 Å². The lowest BCUT2D eigenvalue weighted by molar-refractivity contribution is -0.115. The number of rotatable bonds is 5. The Bertz CT molecular complexity index is 876. The van der Waals surface area contributed by atoms with Crippen LogP contribution >= 0.6 is 11.8 Å². The molecule has 6 nitrogen and oxygen atoms in total. The lowest BCUT2D eigenvalue weighted by Crippen LogP contribution is -2.35. The molecule has 28 heavy (non-hydrogen) atoms. The number of anilines is 1. The van der Waals surface area contributed by atoms with Gasteiger partial charge in [0.15, 0.2) is 0 Å². The summed E-state index contributed by atoms with van der Waals surface area (Å²) in [6.45, 7) is 2.69. The number of benzene rings is 1. The summed E-state index contributed by atoms with van der Waals surface area (Å²) in [6, 6.07) is 13.6. The van der Waals surface area contributed by atoms with Crippen LogP contribution in [0.3, 0.4) is 0 Å². The zero-order valence-corrected chi connectivity index (χ0v) is 16.2. The van der Waals surface area contributed by atoms with Crippen LogP contribution in [-0.2, 0) is 4.79 Å². The van der Waals surface area contributed by atoms with E-state index in [9.17, 15) is 9.59 Å². The van der Waals surface area contributed by atoms with Gasteiger partial charge in [0.1, 0.15) is 11.6 Å². The van der Waals surface area contributed by atoms with Crippen LogP contribution in [0.5, 0.6) is 5.75 Å². The number of hydrogen-bond donors (Lipinski definition) is 1. The Kier molecular flexibility index (Phi) is 5.62. The molecule has 2 saturated heterocycles. The molecule has 0 atom stereocenters. The lowest BCUT2D eigenvalue weighted by atomic mass is 9.98. The normalized spacial score (nSPS) is 19.1. The van der Waals surface area contributed by atoms with Crippen molar-refractivity contribution >= 4 is 34.8 Å². The monoisotopic (exact) mass is 395 g/mol. The summed E-state index contributed by atoms with van der Waals surface area (Å²) in [7, 11) is 0. The number of ether oxygens (including phenoxy) is 1. The van der Waals surface area contributed by atoms with Gasteiger partial charge in [-0.1, -0.05) is 18.2 Å². The highest BCUT2D eigenvalue weighted by Crippen LogP contribution is 2.27. The number of amides is 2. The van der Waals surface area contributed by atoms with Crippen molar-refractivity contribution in [1.82, 2.24) is 10.3 Å². The Labute approximate surface area is 168 Å². The average molecular weight is 395 g/mol. The number of hydrogen-bond acceptors (Lipinski definition) is 6. The molecule has 1 aromatic carbocycles. The maximum Gasteiger partial charge on any atom is 0.290 e. The fourth-order valence-electron chi connectivity index (χ4n) is 3.32. The van der Waals surface area contributed by atoms with Crippen LogP contribution in [0.15, 0.2) is 53.6 Å². The molecule has 0 radical (unpaired) electrons. The van der Waals surface area contributed by atoms with Crippen molar-refractivity contribution in [1.29, 1.82) is 0 Å². The molecule has 3 heterocycles. The third-order valence-corrected chi connectivity index (χ3v) is 5.70. The van der Waals surface area contributed by atoms with Gasteiger partial charge in [-0.25, -0.2) is 4.98 Å². The Morgan fingerprint density at radius 2 is 1.93 bits per heavy atom. The van der Waals surface area contributed by atoms with Crippen LogP contribution in [0.2, 0.25) is 0 Å². The Hall–Kier alpha value is -2.80. The number of piperidine rings is 1. The first-order valence-electron chi connectivity index (χ1n) is 9.31. The van der Waals surface area contributed by atoms with Gasteiger partial charge in [-0.15, -0.1) is 0 Å². The minimum Gasteiger partial charge on any atom is -0.493 e. The van der Waals surface area contributed by atoms with E-state index in [0.29, 0.717) is 17.4 Å². The molecule has 0 aliphatic carbocycles. The second kappa shape index (κ2) is 8.48. The van der Waals surface area contributed by atoms with Gasteiger partial charge in [0.05, 0.1) is 11.5 Å². The fraction of sp³-hybridized carbons (Fsp3) is 0.286. The molecule has 2 aliphatic heterocycles. The molecule has 4 rings (SSSR count). The molecule has 144 valence electrons. The van der Waals surface area contributed by atoms with Crippen LogP contribution in [-0.4, -0.2) is 35.8 Å². The maximum absolute atomic E-state index is 11.6. The average Bonchev–Trinajstić information content (AvgIpc) is 3.05. The second-order valence-corrected chi connectivity index (χ2v) is 7.87. The molecule has 1 N–H and O–H groups in total. The first-order chi connectivity index (χ1) is 13.7. The molecule has 0 bridgehead atoms. The molecule has 0 unspecified atom stereocenters. The van der Waals surface area contributed by atoms with Crippen molar-refractivity contribution < 1.29 is 14.3 Å². The van der Waals surface area contributed by atoms with Crippen molar-refractivity contribution in [3.63, 3.8) is 0 Å². The van der Waals surface area contributed by atoms with Crippen molar-refractivity contribution in [3.8, 4) is 5.75 Å². The number of aromatic nitrogens is 1. The standard InChI is InChI=1S/C21H21N3O3S/c25-20-18(28-21(26)23-20)13-15-4-6-17(7-5-15)27-14-16-8-11-24(12-9-16)19-3-1-2-10-22-19/h1-7,10,13,16H,8-9,11-12,14H2,(H,23,25,26)/b18-13-. The van der Waals surface area contributed by atoms with E-state index in [0.717, 1.165) is 54.8 Å². The summed E-state index contributed by atoms with van der Waals surface area (Å²) in [5.74, 6) is 2.05. The molecule has 2 aliphatic rings.